The van der Waals surface area contributed by atoms with Gasteiger partial charge < -0.3 is 4.42 Å². The van der Waals surface area contributed by atoms with Crippen molar-refractivity contribution >= 4 is 21.9 Å². The average Bonchev–Trinajstić information content (AvgIpc) is 3.66. The Balaban J connectivity index is 1.16. The molecule has 0 spiro atoms. The number of rotatable bonds is 7. The summed E-state index contributed by atoms with van der Waals surface area (Å²) in [4.78, 5) is 10.4. The first-order valence-corrected chi connectivity index (χ1v) is 18.6. The van der Waals surface area contributed by atoms with Gasteiger partial charge in [-0.05, 0) is 69.3 Å². The molecule has 3 nitrogen and oxygen atoms in total. The lowest BCUT2D eigenvalue weighted by Gasteiger charge is -2.14. The summed E-state index contributed by atoms with van der Waals surface area (Å²) in [5, 5.41) is 2.21. The molecule has 258 valence electrons. The highest BCUT2D eigenvalue weighted by atomic mass is 16.3. The third kappa shape index (κ3) is 6.28. The molecule has 0 saturated heterocycles. The van der Waals surface area contributed by atoms with Crippen LogP contribution in [0.5, 0.6) is 0 Å². The van der Waals surface area contributed by atoms with Crippen LogP contribution in [-0.2, 0) is 0 Å². The fourth-order valence-corrected chi connectivity index (χ4v) is 7.48. The van der Waals surface area contributed by atoms with Gasteiger partial charge in [0, 0.05) is 33.0 Å². The number of para-hydroxylation sites is 2. The van der Waals surface area contributed by atoms with Crippen LogP contribution in [0.3, 0.4) is 0 Å². The number of nitrogens with zero attached hydrogens (tertiary/aromatic N) is 2. The number of aromatic nitrogens is 2. The summed E-state index contributed by atoms with van der Waals surface area (Å²) < 4.78 is 6.56. The molecule has 0 radical (unpaired) electrons. The van der Waals surface area contributed by atoms with Gasteiger partial charge in [-0.15, -0.1) is 0 Å². The fourth-order valence-electron chi connectivity index (χ4n) is 7.48. The smallest absolute Gasteiger partial charge is 0.160 e. The normalized spacial score (nSPS) is 11.3. The van der Waals surface area contributed by atoms with Crippen molar-refractivity contribution < 1.29 is 4.42 Å². The molecule has 0 N–H and O–H groups in total. The van der Waals surface area contributed by atoms with E-state index in [1.807, 2.05) is 24.3 Å². The van der Waals surface area contributed by atoms with Crippen LogP contribution in [0.2, 0.25) is 0 Å². The molecule has 0 saturated carbocycles. The summed E-state index contributed by atoms with van der Waals surface area (Å²) in [6, 6.07) is 72.2. The van der Waals surface area contributed by atoms with E-state index in [9.17, 15) is 0 Å². The van der Waals surface area contributed by atoms with Crippen LogP contribution in [0, 0.1) is 0 Å². The Morgan fingerprint density at radius 3 is 1.38 bits per heavy atom. The van der Waals surface area contributed by atoms with E-state index in [0.29, 0.717) is 5.82 Å². The van der Waals surface area contributed by atoms with Gasteiger partial charge in [0.05, 0.1) is 11.4 Å². The van der Waals surface area contributed by atoms with Crippen molar-refractivity contribution in [3.05, 3.63) is 206 Å². The van der Waals surface area contributed by atoms with Crippen LogP contribution in [-0.4, -0.2) is 9.97 Å². The SMILES string of the molecule is c1ccc(-c2ccc(-c3cc(-c4cc(-c5ccccc5)nc(-c5ccc(-c6ccccc6)cc5)n4)cc(-c4cccc5c4oc4ccccc45)c3)cc2)cc1. The van der Waals surface area contributed by atoms with Gasteiger partial charge in [0.15, 0.2) is 5.82 Å². The third-order valence-electron chi connectivity index (χ3n) is 10.3. The van der Waals surface area contributed by atoms with E-state index in [0.717, 1.165) is 77.8 Å². The minimum Gasteiger partial charge on any atom is -0.455 e. The molecule has 0 fully saturated rings. The molecular weight excluding hydrogens is 669 g/mol. The molecule has 10 rings (SSSR count). The zero-order valence-electron chi connectivity index (χ0n) is 29.9. The largest absolute Gasteiger partial charge is 0.455 e. The molecule has 10 aromatic rings. The molecular formula is C52H34N2O. The van der Waals surface area contributed by atoms with Crippen molar-refractivity contribution in [1.29, 1.82) is 0 Å². The topological polar surface area (TPSA) is 38.9 Å². The standard InChI is InChI=1S/C52H34N2O/c1-4-13-35(14-5-1)37-23-25-39(26-24-37)42-31-43(45-20-12-21-47-46-19-10-11-22-50(46)55-51(45)47)33-44(32-42)49-34-48(40-17-8-3-9-18-40)53-52(54-49)41-29-27-38(28-30-41)36-15-6-2-7-16-36/h1-34H. The summed E-state index contributed by atoms with van der Waals surface area (Å²) >= 11 is 0. The van der Waals surface area contributed by atoms with Crippen LogP contribution in [0.4, 0.5) is 0 Å². The van der Waals surface area contributed by atoms with Gasteiger partial charge >= 0.3 is 0 Å². The summed E-state index contributed by atoms with van der Waals surface area (Å²) in [5.41, 5.74) is 15.4. The number of hydrogen-bond donors (Lipinski definition) is 0. The van der Waals surface area contributed by atoms with E-state index in [1.54, 1.807) is 0 Å². The van der Waals surface area contributed by atoms with Crippen molar-refractivity contribution in [3.63, 3.8) is 0 Å². The number of fused-ring (bicyclic) bond motifs is 3. The molecule has 0 amide bonds. The molecule has 0 aliphatic carbocycles. The van der Waals surface area contributed by atoms with E-state index in [4.69, 9.17) is 14.4 Å². The Labute approximate surface area is 319 Å². The Morgan fingerprint density at radius 1 is 0.291 bits per heavy atom. The lowest BCUT2D eigenvalue weighted by atomic mass is 9.93. The van der Waals surface area contributed by atoms with E-state index in [1.165, 1.54) is 16.7 Å². The third-order valence-corrected chi connectivity index (χ3v) is 10.3. The van der Waals surface area contributed by atoms with Gasteiger partial charge in [0.25, 0.3) is 0 Å². The minimum absolute atomic E-state index is 0.675. The van der Waals surface area contributed by atoms with Gasteiger partial charge in [-0.25, -0.2) is 9.97 Å². The van der Waals surface area contributed by atoms with E-state index in [-0.39, 0.29) is 0 Å². The Hall–Kier alpha value is -7.36. The Morgan fingerprint density at radius 2 is 0.745 bits per heavy atom. The number of furan rings is 1. The maximum atomic E-state index is 6.56. The molecule has 8 aromatic carbocycles. The first kappa shape index (κ1) is 32.3. The van der Waals surface area contributed by atoms with E-state index < -0.39 is 0 Å². The summed E-state index contributed by atoms with van der Waals surface area (Å²) in [6.07, 6.45) is 0. The monoisotopic (exact) mass is 702 g/mol. The number of benzene rings is 8. The van der Waals surface area contributed by atoms with Gasteiger partial charge in [-0.3, -0.25) is 0 Å². The summed E-state index contributed by atoms with van der Waals surface area (Å²) in [7, 11) is 0. The van der Waals surface area contributed by atoms with E-state index in [2.05, 4.69) is 182 Å². The quantitative estimate of drug-likeness (QED) is 0.166. The molecule has 2 heterocycles. The zero-order valence-corrected chi connectivity index (χ0v) is 29.9. The van der Waals surface area contributed by atoms with Crippen LogP contribution in [0.15, 0.2) is 211 Å². The molecule has 0 unspecified atom stereocenters. The second kappa shape index (κ2) is 13.9. The molecule has 55 heavy (non-hydrogen) atoms. The van der Waals surface area contributed by atoms with Gasteiger partial charge in [-0.1, -0.05) is 176 Å². The fraction of sp³-hybridized carbons (Fsp3) is 0. The second-order valence-electron chi connectivity index (χ2n) is 13.8. The van der Waals surface area contributed by atoms with Crippen molar-refractivity contribution in [2.75, 3.05) is 0 Å². The van der Waals surface area contributed by atoms with Gasteiger partial charge in [0.2, 0.25) is 0 Å². The molecule has 0 aliphatic heterocycles. The maximum absolute atomic E-state index is 6.56. The lowest BCUT2D eigenvalue weighted by Crippen LogP contribution is -1.97. The summed E-state index contributed by atoms with van der Waals surface area (Å²) in [5.74, 6) is 0.675. The highest BCUT2D eigenvalue weighted by molar-refractivity contribution is 6.09. The van der Waals surface area contributed by atoms with Crippen molar-refractivity contribution in [2.45, 2.75) is 0 Å². The van der Waals surface area contributed by atoms with Crippen molar-refractivity contribution in [1.82, 2.24) is 9.97 Å². The maximum Gasteiger partial charge on any atom is 0.160 e. The summed E-state index contributed by atoms with van der Waals surface area (Å²) in [6.45, 7) is 0. The molecule has 2 aromatic heterocycles. The van der Waals surface area contributed by atoms with Crippen molar-refractivity contribution in [2.24, 2.45) is 0 Å². The Bertz CT molecular complexity index is 2930. The first-order valence-electron chi connectivity index (χ1n) is 18.6. The van der Waals surface area contributed by atoms with Crippen LogP contribution in [0.1, 0.15) is 0 Å². The second-order valence-corrected chi connectivity index (χ2v) is 13.8. The molecule has 3 heteroatoms. The van der Waals surface area contributed by atoms with Crippen LogP contribution < -0.4 is 0 Å². The van der Waals surface area contributed by atoms with E-state index >= 15 is 0 Å². The molecule has 0 bridgehead atoms. The first-order chi connectivity index (χ1) is 27.2. The lowest BCUT2D eigenvalue weighted by molar-refractivity contribution is 0.670. The predicted molar refractivity (Wildman–Crippen MR) is 227 cm³/mol. The van der Waals surface area contributed by atoms with Gasteiger partial charge in [0.1, 0.15) is 11.2 Å². The molecule has 0 atom stereocenters. The predicted octanol–water partition coefficient (Wildman–Crippen LogP) is 14.0. The van der Waals surface area contributed by atoms with Crippen molar-refractivity contribution in [3.8, 4) is 78.4 Å². The molecule has 0 aliphatic rings. The highest BCUT2D eigenvalue weighted by Gasteiger charge is 2.17. The van der Waals surface area contributed by atoms with Gasteiger partial charge in [-0.2, -0.15) is 0 Å². The highest BCUT2D eigenvalue weighted by Crippen LogP contribution is 2.40. The number of hydrogen-bond acceptors (Lipinski definition) is 3. The average molecular weight is 703 g/mol. The zero-order chi connectivity index (χ0) is 36.6. The Kier molecular flexibility index (Phi) is 8.16. The van der Waals surface area contributed by atoms with Crippen LogP contribution in [0.25, 0.3) is 100 Å². The minimum atomic E-state index is 0.675. The van der Waals surface area contributed by atoms with Crippen LogP contribution >= 0.6 is 0 Å².